The number of nitrogens with zero attached hydrogens (tertiary/aromatic N) is 1. The Morgan fingerprint density at radius 2 is 1.96 bits per heavy atom. The second-order valence-electron chi connectivity index (χ2n) is 4.93. The monoisotopic (exact) mass is 339 g/mol. The van der Waals surface area contributed by atoms with E-state index in [1.54, 1.807) is 23.1 Å². The highest BCUT2D eigenvalue weighted by Gasteiger charge is 2.17. The topological polar surface area (TPSA) is 79.9 Å². The van der Waals surface area contributed by atoms with Crippen molar-refractivity contribution in [3.63, 3.8) is 0 Å². The molecule has 0 spiro atoms. The zero-order chi connectivity index (χ0) is 16.7. The Bertz CT molecular complexity index is 562. The lowest BCUT2D eigenvalue weighted by molar-refractivity contribution is -0.119. The molecule has 1 aliphatic rings. The number of carbonyl (C=O) groups is 2. The van der Waals surface area contributed by atoms with E-state index in [2.05, 4.69) is 10.6 Å². The molecule has 1 aromatic carbocycles. The van der Waals surface area contributed by atoms with Crippen LogP contribution in [0, 0.1) is 0 Å². The third-order valence-electron chi connectivity index (χ3n) is 3.30. The molecule has 0 atom stereocenters. The molecule has 0 saturated carbocycles. The van der Waals surface area contributed by atoms with Gasteiger partial charge in [0.25, 0.3) is 0 Å². The maximum absolute atomic E-state index is 12.2. The minimum absolute atomic E-state index is 0.0504. The summed E-state index contributed by atoms with van der Waals surface area (Å²) in [7, 11) is 2.97. The minimum atomic E-state index is -0.290. The molecule has 8 heteroatoms. The summed E-state index contributed by atoms with van der Waals surface area (Å²) < 4.78 is 10.0. The van der Waals surface area contributed by atoms with Crippen molar-refractivity contribution in [2.24, 2.45) is 0 Å². The molecule has 1 aliphatic heterocycles. The van der Waals surface area contributed by atoms with Gasteiger partial charge >= 0.3 is 6.03 Å². The first-order chi connectivity index (χ1) is 11.1. The zero-order valence-electron chi connectivity index (χ0n) is 13.3. The number of hydrogen-bond acceptors (Lipinski definition) is 5. The third kappa shape index (κ3) is 5.04. The lowest BCUT2D eigenvalue weighted by Crippen LogP contribution is -2.40. The van der Waals surface area contributed by atoms with Crippen molar-refractivity contribution in [3.05, 3.63) is 18.2 Å². The lowest BCUT2D eigenvalue weighted by Gasteiger charge is -2.26. The third-order valence-corrected chi connectivity index (χ3v) is 4.24. The first-order valence-corrected chi connectivity index (χ1v) is 8.40. The number of hydrogen-bond donors (Lipinski definition) is 2. The lowest BCUT2D eigenvalue weighted by atomic mass is 10.2. The summed E-state index contributed by atoms with van der Waals surface area (Å²) in [5, 5.41) is 5.55. The maximum Gasteiger partial charge on any atom is 0.321 e. The molecule has 126 valence electrons. The van der Waals surface area contributed by atoms with E-state index in [9.17, 15) is 9.59 Å². The summed E-state index contributed by atoms with van der Waals surface area (Å²) >= 11 is 1.84. The van der Waals surface area contributed by atoms with Gasteiger partial charge in [-0.1, -0.05) is 0 Å². The first-order valence-electron chi connectivity index (χ1n) is 7.24. The van der Waals surface area contributed by atoms with Crippen LogP contribution in [0.1, 0.15) is 0 Å². The van der Waals surface area contributed by atoms with Gasteiger partial charge in [0.05, 0.1) is 12.8 Å². The van der Waals surface area contributed by atoms with Crippen LogP contribution >= 0.6 is 11.8 Å². The summed E-state index contributed by atoms with van der Waals surface area (Å²) in [5.74, 6) is 2.13. The van der Waals surface area contributed by atoms with Crippen LogP contribution < -0.4 is 15.4 Å². The normalized spacial score (nSPS) is 14.3. The van der Waals surface area contributed by atoms with Gasteiger partial charge < -0.3 is 25.0 Å². The number of amides is 3. The molecule has 0 aliphatic carbocycles. The zero-order valence-corrected chi connectivity index (χ0v) is 14.1. The van der Waals surface area contributed by atoms with Crippen LogP contribution in [0.5, 0.6) is 5.75 Å². The van der Waals surface area contributed by atoms with Gasteiger partial charge in [-0.25, -0.2) is 4.79 Å². The van der Waals surface area contributed by atoms with Crippen molar-refractivity contribution in [1.29, 1.82) is 0 Å². The molecule has 3 amide bonds. The van der Waals surface area contributed by atoms with Crippen LogP contribution in [0.3, 0.4) is 0 Å². The number of rotatable bonds is 5. The second-order valence-corrected chi connectivity index (χ2v) is 6.15. The van der Waals surface area contributed by atoms with Gasteiger partial charge in [-0.2, -0.15) is 11.8 Å². The van der Waals surface area contributed by atoms with Crippen molar-refractivity contribution in [3.8, 4) is 5.75 Å². The van der Waals surface area contributed by atoms with E-state index < -0.39 is 0 Å². The molecule has 1 aromatic rings. The highest BCUT2D eigenvalue weighted by molar-refractivity contribution is 7.99. The second kappa shape index (κ2) is 8.64. The molecule has 0 unspecified atom stereocenters. The highest BCUT2D eigenvalue weighted by Crippen LogP contribution is 2.28. The predicted molar refractivity (Wildman–Crippen MR) is 91.4 cm³/mol. The fourth-order valence-corrected chi connectivity index (χ4v) is 3.07. The summed E-state index contributed by atoms with van der Waals surface area (Å²) in [6.07, 6.45) is 0. The SMILES string of the molecule is COCC(=O)Nc1cc(NC(=O)N2CCSCC2)ccc1OC. The molecule has 0 radical (unpaired) electrons. The number of methoxy groups -OCH3 is 2. The molecule has 1 heterocycles. The molecule has 1 fully saturated rings. The van der Waals surface area contributed by atoms with E-state index >= 15 is 0 Å². The predicted octanol–water partition coefficient (Wildman–Crippen LogP) is 1.86. The number of ether oxygens (including phenoxy) is 2. The van der Waals surface area contributed by atoms with E-state index in [1.165, 1.54) is 14.2 Å². The summed E-state index contributed by atoms with van der Waals surface area (Å²) in [5.41, 5.74) is 1.09. The van der Waals surface area contributed by atoms with Crippen molar-refractivity contribution >= 4 is 35.1 Å². The highest BCUT2D eigenvalue weighted by atomic mass is 32.2. The number of nitrogens with one attached hydrogen (secondary N) is 2. The molecule has 7 nitrogen and oxygen atoms in total. The van der Waals surface area contributed by atoms with Crippen molar-refractivity contribution in [2.45, 2.75) is 0 Å². The quantitative estimate of drug-likeness (QED) is 0.856. The number of benzene rings is 1. The largest absolute Gasteiger partial charge is 0.495 e. The number of carbonyl (C=O) groups excluding carboxylic acids is 2. The molecule has 0 bridgehead atoms. The number of anilines is 2. The first kappa shape index (κ1) is 17.4. The number of urea groups is 1. The van der Waals surface area contributed by atoms with Gasteiger partial charge in [-0.05, 0) is 18.2 Å². The van der Waals surface area contributed by atoms with Crippen molar-refractivity contribution in [2.75, 3.05) is 56.1 Å². The molecular weight excluding hydrogens is 318 g/mol. The average molecular weight is 339 g/mol. The smallest absolute Gasteiger partial charge is 0.321 e. The molecule has 2 rings (SSSR count). The summed E-state index contributed by atoms with van der Waals surface area (Å²) in [6.45, 7) is 1.43. The molecule has 2 N–H and O–H groups in total. The summed E-state index contributed by atoms with van der Waals surface area (Å²) in [6, 6.07) is 4.97. The Labute approximate surface area is 139 Å². The van der Waals surface area contributed by atoms with Gasteiger partial charge in [-0.15, -0.1) is 0 Å². The molecular formula is C15H21N3O4S. The molecule has 0 aromatic heterocycles. The standard InChI is InChI=1S/C15H21N3O4S/c1-21-10-14(19)17-12-9-11(3-4-13(12)22-2)16-15(20)18-5-7-23-8-6-18/h3-4,9H,5-8,10H2,1-2H3,(H,16,20)(H,17,19). The summed E-state index contributed by atoms with van der Waals surface area (Å²) in [4.78, 5) is 25.7. The van der Waals surface area contributed by atoms with Crippen molar-refractivity contribution in [1.82, 2.24) is 4.90 Å². The maximum atomic E-state index is 12.2. The van der Waals surface area contributed by atoms with E-state index in [4.69, 9.17) is 9.47 Å². The molecule has 23 heavy (non-hydrogen) atoms. The Hall–Kier alpha value is -1.93. The van der Waals surface area contributed by atoms with Gasteiger partial charge in [0, 0.05) is 37.4 Å². The van der Waals surface area contributed by atoms with E-state index in [-0.39, 0.29) is 18.5 Å². The van der Waals surface area contributed by atoms with Crippen LogP contribution in [0.15, 0.2) is 18.2 Å². The van der Waals surface area contributed by atoms with Crippen LogP contribution in [-0.2, 0) is 9.53 Å². The van der Waals surface area contributed by atoms with E-state index in [0.29, 0.717) is 17.1 Å². The van der Waals surface area contributed by atoms with Crippen molar-refractivity contribution < 1.29 is 19.1 Å². The van der Waals surface area contributed by atoms with Crippen LogP contribution in [0.25, 0.3) is 0 Å². The van der Waals surface area contributed by atoms with E-state index in [0.717, 1.165) is 24.6 Å². The van der Waals surface area contributed by atoms with Crippen LogP contribution in [0.4, 0.5) is 16.2 Å². The minimum Gasteiger partial charge on any atom is -0.495 e. The van der Waals surface area contributed by atoms with Gasteiger partial charge in [0.2, 0.25) is 5.91 Å². The molecule has 1 saturated heterocycles. The Morgan fingerprint density at radius 1 is 1.22 bits per heavy atom. The van der Waals surface area contributed by atoms with Gasteiger partial charge in [-0.3, -0.25) is 4.79 Å². The van der Waals surface area contributed by atoms with Gasteiger partial charge in [0.1, 0.15) is 12.4 Å². The Kier molecular flexibility index (Phi) is 6.54. The Morgan fingerprint density at radius 3 is 2.61 bits per heavy atom. The van der Waals surface area contributed by atoms with Gasteiger partial charge in [0.15, 0.2) is 0 Å². The van der Waals surface area contributed by atoms with Crippen LogP contribution in [0.2, 0.25) is 0 Å². The number of thioether (sulfide) groups is 1. The average Bonchev–Trinajstić information content (AvgIpc) is 2.56. The Balaban J connectivity index is 2.06. The van der Waals surface area contributed by atoms with E-state index in [1.807, 2.05) is 11.8 Å². The fourth-order valence-electron chi connectivity index (χ4n) is 2.17. The van der Waals surface area contributed by atoms with Crippen LogP contribution in [-0.4, -0.2) is 62.3 Å². The fraction of sp³-hybridized carbons (Fsp3) is 0.467.